The highest BCUT2D eigenvalue weighted by molar-refractivity contribution is 5.92. The molecular formula is C34H48N4O4. The molecule has 2 aromatic carbocycles. The van der Waals surface area contributed by atoms with Gasteiger partial charge < -0.3 is 24.3 Å². The van der Waals surface area contributed by atoms with Crippen molar-refractivity contribution in [3.63, 3.8) is 0 Å². The lowest BCUT2D eigenvalue weighted by molar-refractivity contribution is -0.135. The van der Waals surface area contributed by atoms with Crippen LogP contribution < -0.4 is 9.47 Å². The van der Waals surface area contributed by atoms with E-state index in [0.717, 1.165) is 55.8 Å². The summed E-state index contributed by atoms with van der Waals surface area (Å²) in [5.74, 6) is 2.47. The van der Waals surface area contributed by atoms with E-state index in [9.17, 15) is 9.59 Å². The number of aromatic amines is 1. The molecule has 0 atom stereocenters. The van der Waals surface area contributed by atoms with Crippen molar-refractivity contribution in [1.82, 2.24) is 19.7 Å². The molecule has 0 aliphatic carbocycles. The third-order valence-electron chi connectivity index (χ3n) is 8.66. The Balaban J connectivity index is 1.42. The molecule has 0 saturated carbocycles. The minimum atomic E-state index is 0.147. The lowest BCUT2D eigenvalue weighted by Gasteiger charge is -2.33. The molecule has 0 unspecified atom stereocenters. The van der Waals surface area contributed by atoms with E-state index < -0.39 is 0 Å². The van der Waals surface area contributed by atoms with Gasteiger partial charge >= 0.3 is 0 Å². The van der Waals surface area contributed by atoms with Crippen LogP contribution in [-0.4, -0.2) is 92.0 Å². The number of fused-ring (bicyclic) bond motifs is 1. The fraction of sp³-hybridized carbons (Fsp3) is 0.529. The molecule has 42 heavy (non-hydrogen) atoms. The molecule has 1 N–H and O–H groups in total. The van der Waals surface area contributed by atoms with Crippen LogP contribution in [0, 0.1) is 0 Å². The summed E-state index contributed by atoms with van der Waals surface area (Å²) in [6.45, 7) is 12.4. The molecule has 8 heteroatoms. The Kier molecular flexibility index (Phi) is 10.5. The Morgan fingerprint density at radius 3 is 2.31 bits per heavy atom. The highest BCUT2D eigenvalue weighted by Crippen LogP contribution is 2.40. The van der Waals surface area contributed by atoms with E-state index in [1.54, 1.807) is 14.2 Å². The summed E-state index contributed by atoms with van der Waals surface area (Å²) >= 11 is 0. The Hall–Kier alpha value is -3.52. The quantitative estimate of drug-likeness (QED) is 0.292. The summed E-state index contributed by atoms with van der Waals surface area (Å²) in [6, 6.07) is 12.9. The van der Waals surface area contributed by atoms with Crippen LogP contribution in [0.25, 0.3) is 22.2 Å². The van der Waals surface area contributed by atoms with E-state index in [4.69, 9.17) is 9.47 Å². The molecule has 1 aliphatic rings. The van der Waals surface area contributed by atoms with Gasteiger partial charge in [-0.05, 0) is 87.0 Å². The van der Waals surface area contributed by atoms with E-state index in [-0.39, 0.29) is 11.8 Å². The van der Waals surface area contributed by atoms with Crippen LogP contribution in [0.5, 0.6) is 11.5 Å². The number of aromatic nitrogens is 1. The third kappa shape index (κ3) is 6.92. The zero-order valence-electron chi connectivity index (χ0n) is 26.5. The number of carbonyl (C=O) groups excluding carboxylic acids is 2. The molecule has 0 spiro atoms. The topological polar surface area (TPSA) is 78.1 Å². The number of rotatable bonds is 12. The monoisotopic (exact) mass is 576 g/mol. The number of piperidine rings is 1. The normalized spacial score (nSPS) is 14.2. The maximum absolute atomic E-state index is 13.0. The zero-order valence-corrected chi connectivity index (χ0v) is 26.5. The van der Waals surface area contributed by atoms with Crippen molar-refractivity contribution in [3.8, 4) is 22.8 Å². The molecule has 8 nitrogen and oxygen atoms in total. The number of hydrogen-bond donors (Lipinski definition) is 1. The van der Waals surface area contributed by atoms with Gasteiger partial charge in [0.05, 0.1) is 26.5 Å². The van der Waals surface area contributed by atoms with Crippen LogP contribution in [-0.2, 0) is 9.59 Å². The molecule has 1 fully saturated rings. The average molecular weight is 577 g/mol. The van der Waals surface area contributed by atoms with Crippen molar-refractivity contribution in [1.29, 1.82) is 0 Å². The maximum Gasteiger partial charge on any atom is 0.236 e. The standard InChI is InChI=1S/C34H48N4O4/c1-8-37(9-2)31(39)16-17-36(5)22-32(40)38-18-14-24(15-19-38)25-10-12-28-27(20-25)33(23(3)4)34(35-28)26-11-13-29(41-6)30(21-26)42-7/h10-13,20-21,23-24,35H,8-9,14-19,22H2,1-7H3. The van der Waals surface area contributed by atoms with Gasteiger partial charge in [0.25, 0.3) is 0 Å². The number of likely N-dealkylation sites (N-methyl/N-ethyl adjacent to an activating group) is 1. The van der Waals surface area contributed by atoms with Crippen molar-refractivity contribution >= 4 is 22.7 Å². The van der Waals surface area contributed by atoms with Crippen LogP contribution in [0.15, 0.2) is 36.4 Å². The minimum Gasteiger partial charge on any atom is -0.493 e. The van der Waals surface area contributed by atoms with Crippen molar-refractivity contribution in [2.24, 2.45) is 0 Å². The second-order valence-corrected chi connectivity index (χ2v) is 11.7. The number of carbonyl (C=O) groups is 2. The highest BCUT2D eigenvalue weighted by Gasteiger charge is 2.26. The predicted molar refractivity (Wildman–Crippen MR) is 170 cm³/mol. The van der Waals surface area contributed by atoms with Crippen molar-refractivity contribution in [2.75, 3.05) is 60.5 Å². The van der Waals surface area contributed by atoms with Crippen LogP contribution in [0.2, 0.25) is 0 Å². The van der Waals surface area contributed by atoms with Crippen molar-refractivity contribution in [2.45, 2.75) is 58.8 Å². The number of likely N-dealkylation sites (tertiary alicyclic amines) is 1. The van der Waals surface area contributed by atoms with Gasteiger partial charge in [0.2, 0.25) is 11.8 Å². The number of nitrogens with one attached hydrogen (secondary N) is 1. The molecule has 0 radical (unpaired) electrons. The summed E-state index contributed by atoms with van der Waals surface area (Å²) < 4.78 is 11.0. The first-order valence-electron chi connectivity index (χ1n) is 15.3. The van der Waals surface area contributed by atoms with Crippen LogP contribution in [0.4, 0.5) is 0 Å². The molecule has 1 aromatic heterocycles. The minimum absolute atomic E-state index is 0.147. The Morgan fingerprint density at radius 2 is 1.69 bits per heavy atom. The molecule has 1 aliphatic heterocycles. The summed E-state index contributed by atoms with van der Waals surface area (Å²) in [5.41, 5.74) is 5.95. The molecule has 2 amide bonds. The van der Waals surface area contributed by atoms with Crippen molar-refractivity contribution in [3.05, 3.63) is 47.5 Å². The maximum atomic E-state index is 13.0. The van der Waals surface area contributed by atoms with E-state index >= 15 is 0 Å². The second-order valence-electron chi connectivity index (χ2n) is 11.7. The highest BCUT2D eigenvalue weighted by atomic mass is 16.5. The number of ether oxygens (including phenoxy) is 2. The van der Waals surface area contributed by atoms with E-state index in [1.165, 1.54) is 16.5 Å². The van der Waals surface area contributed by atoms with Gasteiger partial charge in [-0.1, -0.05) is 19.9 Å². The van der Waals surface area contributed by atoms with Gasteiger partial charge in [-0.2, -0.15) is 0 Å². The molecule has 3 aromatic rings. The summed E-state index contributed by atoms with van der Waals surface area (Å²) in [5, 5.41) is 1.26. The summed E-state index contributed by atoms with van der Waals surface area (Å²) in [6.07, 6.45) is 2.35. The fourth-order valence-corrected chi connectivity index (χ4v) is 6.20. The van der Waals surface area contributed by atoms with E-state index in [2.05, 4.69) is 43.1 Å². The van der Waals surface area contributed by atoms with Gasteiger partial charge in [0, 0.05) is 55.6 Å². The first kappa shape index (κ1) is 31.4. The fourth-order valence-electron chi connectivity index (χ4n) is 6.20. The molecule has 4 rings (SSSR count). The Morgan fingerprint density at radius 1 is 1.00 bits per heavy atom. The number of amides is 2. The molecule has 1 saturated heterocycles. The van der Waals surface area contributed by atoms with Gasteiger partial charge in [-0.25, -0.2) is 0 Å². The lowest BCUT2D eigenvalue weighted by Crippen LogP contribution is -2.43. The molecule has 2 heterocycles. The molecule has 228 valence electrons. The first-order valence-corrected chi connectivity index (χ1v) is 15.3. The van der Waals surface area contributed by atoms with Crippen molar-refractivity contribution < 1.29 is 19.1 Å². The van der Waals surface area contributed by atoms with Gasteiger partial charge in [0.1, 0.15) is 0 Å². The number of H-pyrrole nitrogens is 1. The van der Waals surface area contributed by atoms with Gasteiger partial charge in [0.15, 0.2) is 11.5 Å². The largest absolute Gasteiger partial charge is 0.493 e. The van der Waals surface area contributed by atoms with Gasteiger partial charge in [-0.3, -0.25) is 14.5 Å². The third-order valence-corrected chi connectivity index (χ3v) is 8.66. The van der Waals surface area contributed by atoms with E-state index in [1.807, 2.05) is 47.7 Å². The zero-order chi connectivity index (χ0) is 30.4. The number of nitrogens with zero attached hydrogens (tertiary/aromatic N) is 3. The second kappa shape index (κ2) is 14.1. The SMILES string of the molecule is CCN(CC)C(=O)CCN(C)CC(=O)N1CCC(c2ccc3[nH]c(-c4ccc(OC)c(OC)c4)c(C(C)C)c3c2)CC1. The smallest absolute Gasteiger partial charge is 0.236 e. The molecular weight excluding hydrogens is 528 g/mol. The van der Waals surface area contributed by atoms with Crippen LogP contribution in [0.3, 0.4) is 0 Å². The summed E-state index contributed by atoms with van der Waals surface area (Å²) in [7, 11) is 5.24. The number of hydrogen-bond acceptors (Lipinski definition) is 5. The lowest BCUT2D eigenvalue weighted by atomic mass is 9.87. The number of benzene rings is 2. The Labute approximate surface area is 251 Å². The van der Waals surface area contributed by atoms with Crippen LogP contribution in [0.1, 0.15) is 69.9 Å². The van der Waals surface area contributed by atoms with E-state index in [0.29, 0.717) is 42.8 Å². The molecule has 0 bridgehead atoms. The summed E-state index contributed by atoms with van der Waals surface area (Å²) in [4.78, 5) is 34.8. The Bertz CT molecular complexity index is 1370. The number of methoxy groups -OCH3 is 2. The van der Waals surface area contributed by atoms with Gasteiger partial charge in [-0.15, -0.1) is 0 Å². The predicted octanol–water partition coefficient (Wildman–Crippen LogP) is 5.87. The average Bonchev–Trinajstić information content (AvgIpc) is 3.39. The van der Waals surface area contributed by atoms with Crippen LogP contribution >= 0.6 is 0 Å². The first-order chi connectivity index (χ1) is 20.2.